The van der Waals surface area contributed by atoms with Gasteiger partial charge in [-0.15, -0.1) is 0 Å². The highest BCUT2D eigenvalue weighted by molar-refractivity contribution is 5.83. The van der Waals surface area contributed by atoms with Crippen LogP contribution >= 0.6 is 0 Å². The van der Waals surface area contributed by atoms with E-state index < -0.39 is 0 Å². The number of hydrogen-bond donors (Lipinski definition) is 0. The summed E-state index contributed by atoms with van der Waals surface area (Å²) in [6, 6.07) is 9.69. The first-order valence-corrected chi connectivity index (χ1v) is 10.2. The molecule has 1 aliphatic rings. The molecule has 7 heteroatoms. The van der Waals surface area contributed by atoms with E-state index in [-0.39, 0.29) is 30.1 Å². The van der Waals surface area contributed by atoms with E-state index in [4.69, 9.17) is 0 Å². The summed E-state index contributed by atoms with van der Waals surface area (Å²) < 4.78 is 2.99. The molecule has 0 atom stereocenters. The summed E-state index contributed by atoms with van der Waals surface area (Å²) in [5.41, 5.74) is 1.89. The predicted molar refractivity (Wildman–Crippen MR) is 112 cm³/mol. The molecule has 2 aromatic heterocycles. The van der Waals surface area contributed by atoms with Gasteiger partial charge in [-0.3, -0.25) is 9.59 Å². The van der Waals surface area contributed by atoms with Crippen molar-refractivity contribution >= 4 is 16.8 Å². The topological polar surface area (TPSA) is 73.0 Å². The quantitative estimate of drug-likeness (QED) is 0.645. The van der Waals surface area contributed by atoms with Gasteiger partial charge in [0, 0.05) is 23.4 Å². The second-order valence-electron chi connectivity index (χ2n) is 8.27. The van der Waals surface area contributed by atoms with Crippen LogP contribution < -0.4 is 5.56 Å². The highest BCUT2D eigenvalue weighted by Crippen LogP contribution is 2.41. The molecular formula is C22H27N5O2. The number of para-hydroxylation sites is 1. The van der Waals surface area contributed by atoms with Crippen molar-refractivity contribution in [2.24, 2.45) is 0 Å². The first-order valence-electron chi connectivity index (χ1n) is 10.2. The lowest BCUT2D eigenvalue weighted by molar-refractivity contribution is -0.135. The molecule has 0 unspecified atom stereocenters. The van der Waals surface area contributed by atoms with Crippen molar-refractivity contribution in [3.05, 3.63) is 52.6 Å². The maximum atomic E-state index is 13.3. The highest BCUT2D eigenvalue weighted by Gasteiger charge is 2.31. The molecular weight excluding hydrogens is 366 g/mol. The van der Waals surface area contributed by atoms with Gasteiger partial charge in [-0.25, -0.2) is 9.36 Å². The number of nitrogens with zero attached hydrogens (tertiary/aromatic N) is 5. The van der Waals surface area contributed by atoms with Gasteiger partial charge in [-0.05, 0) is 52.7 Å². The van der Waals surface area contributed by atoms with Crippen LogP contribution in [-0.4, -0.2) is 42.5 Å². The summed E-state index contributed by atoms with van der Waals surface area (Å²) >= 11 is 0. The van der Waals surface area contributed by atoms with Crippen molar-refractivity contribution in [1.82, 2.24) is 24.5 Å². The third kappa shape index (κ3) is 3.57. The molecule has 0 bridgehead atoms. The molecule has 29 heavy (non-hydrogen) atoms. The standard InChI is InChI=1S/C22H27N5O2/c1-14(2)26(15(3)4)19(28)13-25-22(29)21-18(20(24-25)16-10-11-16)12-23-27(21)17-8-6-5-7-9-17/h5-9,12,14-16H,10-11,13H2,1-4H3. The van der Waals surface area contributed by atoms with Gasteiger partial charge >= 0.3 is 0 Å². The fourth-order valence-corrected chi connectivity index (χ4v) is 4.01. The van der Waals surface area contributed by atoms with Crippen LogP contribution in [0.3, 0.4) is 0 Å². The number of hydrogen-bond acceptors (Lipinski definition) is 4. The molecule has 1 aromatic carbocycles. The number of fused-ring (bicyclic) bond motifs is 1. The van der Waals surface area contributed by atoms with E-state index in [1.165, 1.54) is 4.68 Å². The van der Waals surface area contributed by atoms with E-state index in [0.717, 1.165) is 29.6 Å². The zero-order chi connectivity index (χ0) is 20.7. The molecule has 0 saturated heterocycles. The summed E-state index contributed by atoms with van der Waals surface area (Å²) in [4.78, 5) is 28.1. The van der Waals surface area contributed by atoms with Crippen molar-refractivity contribution in [2.45, 2.75) is 65.1 Å². The van der Waals surface area contributed by atoms with Crippen molar-refractivity contribution in [2.75, 3.05) is 0 Å². The maximum Gasteiger partial charge on any atom is 0.293 e. The monoisotopic (exact) mass is 393 g/mol. The summed E-state index contributed by atoms with van der Waals surface area (Å²) in [5, 5.41) is 9.88. The molecule has 3 aromatic rings. The molecule has 1 aliphatic carbocycles. The third-order valence-electron chi connectivity index (χ3n) is 5.36. The zero-order valence-corrected chi connectivity index (χ0v) is 17.4. The van der Waals surface area contributed by atoms with Crippen LogP contribution in [0.2, 0.25) is 0 Å². The van der Waals surface area contributed by atoms with Crippen LogP contribution in [0.15, 0.2) is 41.3 Å². The van der Waals surface area contributed by atoms with E-state index in [0.29, 0.717) is 11.4 Å². The molecule has 1 saturated carbocycles. The molecule has 152 valence electrons. The first-order chi connectivity index (χ1) is 13.9. The van der Waals surface area contributed by atoms with Crippen LogP contribution in [0.5, 0.6) is 0 Å². The van der Waals surface area contributed by atoms with Gasteiger partial charge in [0.1, 0.15) is 12.1 Å². The van der Waals surface area contributed by atoms with Gasteiger partial charge in [0.2, 0.25) is 5.91 Å². The molecule has 0 radical (unpaired) electrons. The Morgan fingerprint density at radius 3 is 2.38 bits per heavy atom. The number of rotatable bonds is 6. The largest absolute Gasteiger partial charge is 0.336 e. The van der Waals surface area contributed by atoms with Crippen LogP contribution in [0, 0.1) is 0 Å². The van der Waals surface area contributed by atoms with Gasteiger partial charge in [0.05, 0.1) is 17.6 Å². The van der Waals surface area contributed by atoms with Crippen LogP contribution in [0.25, 0.3) is 16.6 Å². The molecule has 2 heterocycles. The van der Waals surface area contributed by atoms with Crippen molar-refractivity contribution in [3.8, 4) is 5.69 Å². The van der Waals surface area contributed by atoms with Gasteiger partial charge in [0.25, 0.3) is 5.56 Å². The van der Waals surface area contributed by atoms with Crippen LogP contribution in [0.4, 0.5) is 0 Å². The Morgan fingerprint density at radius 2 is 1.79 bits per heavy atom. The average Bonchev–Trinajstić information content (AvgIpc) is 3.42. The van der Waals surface area contributed by atoms with E-state index in [1.54, 1.807) is 15.8 Å². The van der Waals surface area contributed by atoms with Crippen molar-refractivity contribution < 1.29 is 4.79 Å². The molecule has 1 amide bonds. The first kappa shape index (κ1) is 19.4. The smallest absolute Gasteiger partial charge is 0.293 e. The SMILES string of the molecule is CC(C)N(C(=O)Cn1nc(C2CC2)c2cnn(-c3ccccc3)c2c1=O)C(C)C. The fraction of sp³-hybridized carbons (Fsp3) is 0.455. The van der Waals surface area contributed by atoms with Crippen molar-refractivity contribution in [1.29, 1.82) is 0 Å². The van der Waals surface area contributed by atoms with Crippen molar-refractivity contribution in [3.63, 3.8) is 0 Å². The molecule has 7 nitrogen and oxygen atoms in total. The average molecular weight is 393 g/mol. The molecule has 0 N–H and O–H groups in total. The zero-order valence-electron chi connectivity index (χ0n) is 17.4. The van der Waals surface area contributed by atoms with E-state index >= 15 is 0 Å². The lowest BCUT2D eigenvalue weighted by Gasteiger charge is -2.30. The number of aromatic nitrogens is 4. The summed E-state index contributed by atoms with van der Waals surface area (Å²) in [6.45, 7) is 7.87. The minimum absolute atomic E-state index is 0.0553. The van der Waals surface area contributed by atoms with Gasteiger partial charge in [-0.2, -0.15) is 10.2 Å². The second-order valence-corrected chi connectivity index (χ2v) is 8.27. The predicted octanol–water partition coefficient (Wildman–Crippen LogP) is 3.11. The Morgan fingerprint density at radius 1 is 1.14 bits per heavy atom. The lowest BCUT2D eigenvalue weighted by Crippen LogP contribution is -2.45. The van der Waals surface area contributed by atoms with Gasteiger partial charge in [-0.1, -0.05) is 18.2 Å². The normalized spacial score (nSPS) is 14.1. The Labute approximate surface area is 169 Å². The van der Waals surface area contributed by atoms with Gasteiger partial charge in [0.15, 0.2) is 0 Å². The van der Waals surface area contributed by atoms with E-state index in [1.807, 2.05) is 58.0 Å². The summed E-state index contributed by atoms with van der Waals surface area (Å²) in [6.07, 6.45) is 3.83. The third-order valence-corrected chi connectivity index (χ3v) is 5.36. The Hall–Kier alpha value is -2.96. The summed E-state index contributed by atoms with van der Waals surface area (Å²) in [7, 11) is 0. The molecule has 0 aliphatic heterocycles. The van der Waals surface area contributed by atoms with Crippen LogP contribution in [0.1, 0.15) is 52.1 Å². The van der Waals surface area contributed by atoms with Crippen LogP contribution in [-0.2, 0) is 11.3 Å². The second kappa shape index (κ2) is 7.46. The lowest BCUT2D eigenvalue weighted by atomic mass is 10.2. The number of amides is 1. The molecule has 0 spiro atoms. The number of carbonyl (C=O) groups excluding carboxylic acids is 1. The minimum atomic E-state index is -0.286. The fourth-order valence-electron chi connectivity index (χ4n) is 4.01. The number of carbonyl (C=O) groups is 1. The summed E-state index contributed by atoms with van der Waals surface area (Å²) in [5.74, 6) is 0.232. The Kier molecular flexibility index (Phi) is 4.98. The minimum Gasteiger partial charge on any atom is -0.336 e. The molecule has 1 fully saturated rings. The number of benzene rings is 1. The molecule has 4 rings (SSSR count). The van der Waals surface area contributed by atoms with E-state index in [9.17, 15) is 9.59 Å². The van der Waals surface area contributed by atoms with Gasteiger partial charge < -0.3 is 4.90 Å². The highest BCUT2D eigenvalue weighted by atomic mass is 16.2. The van der Waals surface area contributed by atoms with E-state index in [2.05, 4.69) is 10.2 Å². The maximum absolute atomic E-state index is 13.3. The Bertz CT molecular complexity index is 1090. The Balaban J connectivity index is 1.84.